The lowest BCUT2D eigenvalue weighted by atomic mass is 10.0. The number of likely N-dealkylation sites (N-methyl/N-ethyl adjacent to an activating group) is 1. The van der Waals surface area contributed by atoms with Crippen molar-refractivity contribution in [1.29, 1.82) is 0 Å². The molecule has 2 aliphatic rings. The standard InChI is InChI=1S/C16H34N4O2S/c1-4-5-10-18(3)23(21,22)20-13-11-19(12-14-20)15-16-8-6-7-9-17(16)2/h16H,4-15H2,1-3H3. The molecule has 0 aromatic carbocycles. The van der Waals surface area contributed by atoms with Gasteiger partial charge in [-0.1, -0.05) is 19.8 Å². The van der Waals surface area contributed by atoms with Crippen molar-refractivity contribution < 1.29 is 8.42 Å². The summed E-state index contributed by atoms with van der Waals surface area (Å²) in [6, 6.07) is 0.638. The number of hydrogen-bond acceptors (Lipinski definition) is 4. The lowest BCUT2D eigenvalue weighted by Crippen LogP contribution is -2.55. The Hall–Kier alpha value is -0.210. The first-order chi connectivity index (χ1) is 10.9. The van der Waals surface area contributed by atoms with E-state index in [9.17, 15) is 8.42 Å². The van der Waals surface area contributed by atoms with Crippen LogP contribution in [-0.2, 0) is 10.2 Å². The van der Waals surface area contributed by atoms with Crippen LogP contribution in [0.15, 0.2) is 0 Å². The van der Waals surface area contributed by atoms with Crippen LogP contribution in [0.1, 0.15) is 39.0 Å². The molecule has 136 valence electrons. The third-order valence-corrected chi connectivity index (χ3v) is 7.26. The molecule has 0 aromatic heterocycles. The summed E-state index contributed by atoms with van der Waals surface area (Å²) >= 11 is 0. The van der Waals surface area contributed by atoms with Gasteiger partial charge in [0.15, 0.2) is 0 Å². The molecule has 2 aliphatic heterocycles. The summed E-state index contributed by atoms with van der Waals surface area (Å²) in [7, 11) is 0.646. The van der Waals surface area contributed by atoms with Crippen LogP contribution in [0, 0.1) is 0 Å². The molecule has 2 saturated heterocycles. The average molecular weight is 347 g/mol. The largest absolute Gasteiger partial charge is 0.302 e. The second-order valence-corrected chi connectivity index (χ2v) is 9.05. The third kappa shape index (κ3) is 5.13. The molecule has 0 aliphatic carbocycles. The molecule has 0 spiro atoms. The Labute approximate surface area is 142 Å². The highest BCUT2D eigenvalue weighted by atomic mass is 32.2. The van der Waals surface area contributed by atoms with Gasteiger partial charge >= 0.3 is 0 Å². The first kappa shape index (κ1) is 19.1. The Bertz CT molecular complexity index is 449. The quantitative estimate of drug-likeness (QED) is 0.692. The van der Waals surface area contributed by atoms with Crippen molar-refractivity contribution >= 4 is 10.2 Å². The Morgan fingerprint density at radius 1 is 1.09 bits per heavy atom. The monoisotopic (exact) mass is 346 g/mol. The summed E-state index contributed by atoms with van der Waals surface area (Å²) in [6.07, 6.45) is 5.84. The lowest BCUT2D eigenvalue weighted by Gasteiger charge is -2.40. The molecule has 2 fully saturated rings. The molecule has 23 heavy (non-hydrogen) atoms. The molecule has 0 saturated carbocycles. The normalized spacial score (nSPS) is 26.0. The zero-order valence-electron chi connectivity index (χ0n) is 15.1. The van der Waals surface area contributed by atoms with Crippen LogP contribution < -0.4 is 0 Å². The van der Waals surface area contributed by atoms with Gasteiger partial charge in [0.05, 0.1) is 0 Å². The van der Waals surface area contributed by atoms with E-state index < -0.39 is 10.2 Å². The van der Waals surface area contributed by atoms with Crippen LogP contribution in [0.5, 0.6) is 0 Å². The number of hydrogen-bond donors (Lipinski definition) is 0. The topological polar surface area (TPSA) is 47.1 Å². The Morgan fingerprint density at radius 3 is 2.39 bits per heavy atom. The molecule has 1 atom stereocenters. The summed E-state index contributed by atoms with van der Waals surface area (Å²) in [5.74, 6) is 0. The predicted molar refractivity (Wildman–Crippen MR) is 94.7 cm³/mol. The first-order valence-electron chi connectivity index (χ1n) is 9.09. The van der Waals surface area contributed by atoms with Crippen LogP contribution >= 0.6 is 0 Å². The maximum absolute atomic E-state index is 12.6. The van der Waals surface area contributed by atoms with E-state index in [0.717, 1.165) is 32.5 Å². The van der Waals surface area contributed by atoms with Gasteiger partial charge in [-0.15, -0.1) is 0 Å². The second-order valence-electron chi connectivity index (χ2n) is 7.01. The SMILES string of the molecule is CCCCN(C)S(=O)(=O)N1CCN(CC2CCCCN2C)CC1. The van der Waals surface area contributed by atoms with Crippen molar-refractivity contribution in [2.24, 2.45) is 0 Å². The fourth-order valence-electron chi connectivity index (χ4n) is 3.51. The van der Waals surface area contributed by atoms with Crippen LogP contribution in [0.2, 0.25) is 0 Å². The van der Waals surface area contributed by atoms with E-state index in [0.29, 0.717) is 25.7 Å². The number of nitrogens with zero attached hydrogens (tertiary/aromatic N) is 4. The number of likely N-dealkylation sites (tertiary alicyclic amines) is 1. The maximum atomic E-state index is 12.6. The number of rotatable bonds is 7. The van der Waals surface area contributed by atoms with Gasteiger partial charge in [0.1, 0.15) is 0 Å². The van der Waals surface area contributed by atoms with E-state index in [1.165, 1.54) is 30.1 Å². The average Bonchev–Trinajstić information content (AvgIpc) is 2.55. The van der Waals surface area contributed by atoms with Crippen molar-refractivity contribution in [2.45, 2.75) is 45.1 Å². The first-order valence-corrected chi connectivity index (χ1v) is 10.5. The highest BCUT2D eigenvalue weighted by Gasteiger charge is 2.31. The van der Waals surface area contributed by atoms with Gasteiger partial charge in [-0.2, -0.15) is 17.0 Å². The highest BCUT2D eigenvalue weighted by molar-refractivity contribution is 7.86. The molecule has 7 heteroatoms. The van der Waals surface area contributed by atoms with Crippen molar-refractivity contribution in [3.8, 4) is 0 Å². The molecule has 6 nitrogen and oxygen atoms in total. The molecular formula is C16H34N4O2S. The van der Waals surface area contributed by atoms with E-state index in [1.807, 2.05) is 0 Å². The number of unbranched alkanes of at least 4 members (excludes halogenated alkanes) is 1. The lowest BCUT2D eigenvalue weighted by molar-refractivity contribution is 0.105. The molecule has 0 aromatic rings. The van der Waals surface area contributed by atoms with Gasteiger partial charge in [-0.25, -0.2) is 0 Å². The fourth-order valence-corrected chi connectivity index (χ4v) is 4.89. The van der Waals surface area contributed by atoms with Gasteiger partial charge in [0.25, 0.3) is 10.2 Å². The molecule has 0 bridgehead atoms. The molecule has 2 rings (SSSR count). The van der Waals surface area contributed by atoms with Crippen molar-refractivity contribution in [1.82, 2.24) is 18.4 Å². The zero-order valence-corrected chi connectivity index (χ0v) is 15.9. The smallest absolute Gasteiger partial charge is 0.281 e. The van der Waals surface area contributed by atoms with E-state index >= 15 is 0 Å². The van der Waals surface area contributed by atoms with E-state index in [2.05, 4.69) is 23.8 Å². The number of piperidine rings is 1. The third-order valence-electron chi connectivity index (χ3n) is 5.27. The minimum atomic E-state index is -3.27. The molecule has 0 N–H and O–H groups in total. The predicted octanol–water partition coefficient (Wildman–Crippen LogP) is 1.07. The van der Waals surface area contributed by atoms with Crippen molar-refractivity contribution in [3.05, 3.63) is 0 Å². The summed E-state index contributed by atoms with van der Waals surface area (Å²) in [5, 5.41) is 0. The summed E-state index contributed by atoms with van der Waals surface area (Å²) in [4.78, 5) is 4.90. The fraction of sp³-hybridized carbons (Fsp3) is 1.00. The van der Waals surface area contributed by atoms with Crippen LogP contribution in [0.4, 0.5) is 0 Å². The molecule has 0 radical (unpaired) electrons. The second kappa shape index (κ2) is 8.76. The van der Waals surface area contributed by atoms with Crippen LogP contribution in [-0.4, -0.2) is 92.8 Å². The number of piperazine rings is 1. The van der Waals surface area contributed by atoms with Crippen molar-refractivity contribution in [2.75, 3.05) is 59.9 Å². The Balaban J connectivity index is 1.81. The molecule has 2 heterocycles. The van der Waals surface area contributed by atoms with E-state index in [1.54, 1.807) is 11.4 Å². The van der Waals surface area contributed by atoms with Crippen LogP contribution in [0.3, 0.4) is 0 Å². The Morgan fingerprint density at radius 2 is 1.78 bits per heavy atom. The van der Waals surface area contributed by atoms with Gasteiger partial charge in [0, 0.05) is 52.4 Å². The summed E-state index contributed by atoms with van der Waals surface area (Å²) in [5.41, 5.74) is 0. The Kier molecular flexibility index (Phi) is 7.28. The van der Waals surface area contributed by atoms with E-state index in [4.69, 9.17) is 0 Å². The van der Waals surface area contributed by atoms with E-state index in [-0.39, 0.29) is 0 Å². The summed E-state index contributed by atoms with van der Waals surface area (Å²) < 4.78 is 28.3. The molecule has 0 amide bonds. The molecular weight excluding hydrogens is 312 g/mol. The van der Waals surface area contributed by atoms with Crippen LogP contribution in [0.25, 0.3) is 0 Å². The molecule has 1 unspecified atom stereocenters. The van der Waals surface area contributed by atoms with Gasteiger partial charge in [-0.3, -0.25) is 4.90 Å². The van der Waals surface area contributed by atoms with Gasteiger partial charge in [0.2, 0.25) is 0 Å². The maximum Gasteiger partial charge on any atom is 0.281 e. The van der Waals surface area contributed by atoms with Crippen molar-refractivity contribution in [3.63, 3.8) is 0 Å². The van der Waals surface area contributed by atoms with Gasteiger partial charge < -0.3 is 4.90 Å². The zero-order chi connectivity index (χ0) is 16.9. The summed E-state index contributed by atoms with van der Waals surface area (Å²) in [6.45, 7) is 7.92. The minimum absolute atomic E-state index is 0.617. The van der Waals surface area contributed by atoms with Gasteiger partial charge in [-0.05, 0) is 32.9 Å². The minimum Gasteiger partial charge on any atom is -0.302 e. The highest BCUT2D eigenvalue weighted by Crippen LogP contribution is 2.18.